The van der Waals surface area contributed by atoms with E-state index in [4.69, 9.17) is 4.74 Å². The first kappa shape index (κ1) is 27.1. The van der Waals surface area contributed by atoms with Gasteiger partial charge in [-0.1, -0.05) is 12.2 Å². The number of rotatable bonds is 13. The van der Waals surface area contributed by atoms with Crippen molar-refractivity contribution in [2.75, 3.05) is 33.4 Å². The van der Waals surface area contributed by atoms with Gasteiger partial charge in [0.25, 0.3) is 0 Å². The number of carboxylic acids is 1. The standard InChI is InChI=1S/C27H28F4N2O3/c1-36-21-8-10-26-23(15-21)22(25(31)16-32-26)6-2-4-19(27(34)35)17-33(13-11-28)12-3-5-18-14-20(29)7-9-24(18)30/h3,5,7-10,14-16,19H,2,4,6,11-13,17H2,1H3,(H,34,35)/b5-3+. The SMILES string of the molecule is COc1ccc2ncc(F)c(CCCC(CN(C/C=C/c3cc(F)ccc3F)CCF)C(=O)O)c2c1. The first-order valence-electron chi connectivity index (χ1n) is 11.6. The molecule has 0 aliphatic heterocycles. The van der Waals surface area contributed by atoms with Gasteiger partial charge in [-0.15, -0.1) is 0 Å². The van der Waals surface area contributed by atoms with E-state index in [0.29, 0.717) is 35.1 Å². The van der Waals surface area contributed by atoms with Crippen LogP contribution in [0.4, 0.5) is 17.6 Å². The van der Waals surface area contributed by atoms with Gasteiger partial charge in [0.15, 0.2) is 0 Å². The second-order valence-corrected chi connectivity index (χ2v) is 8.41. The average Bonchev–Trinajstić information content (AvgIpc) is 2.86. The second-order valence-electron chi connectivity index (χ2n) is 8.41. The Morgan fingerprint density at radius 3 is 2.69 bits per heavy atom. The van der Waals surface area contributed by atoms with E-state index in [1.54, 1.807) is 23.1 Å². The van der Waals surface area contributed by atoms with Crippen LogP contribution in [0.1, 0.15) is 24.0 Å². The normalized spacial score (nSPS) is 12.5. The van der Waals surface area contributed by atoms with Crippen molar-refractivity contribution in [3.8, 4) is 5.75 Å². The molecule has 9 heteroatoms. The fourth-order valence-corrected chi connectivity index (χ4v) is 4.06. The van der Waals surface area contributed by atoms with E-state index in [-0.39, 0.29) is 31.6 Å². The van der Waals surface area contributed by atoms with Crippen molar-refractivity contribution in [2.45, 2.75) is 19.3 Å². The van der Waals surface area contributed by atoms with Crippen molar-refractivity contribution in [2.24, 2.45) is 5.92 Å². The minimum atomic E-state index is -1.04. The summed E-state index contributed by atoms with van der Waals surface area (Å²) in [6, 6.07) is 8.23. The summed E-state index contributed by atoms with van der Waals surface area (Å²) in [5, 5.41) is 10.3. The number of alkyl halides is 1. The van der Waals surface area contributed by atoms with Crippen LogP contribution in [0.5, 0.6) is 5.75 Å². The molecule has 0 aliphatic carbocycles. The number of hydrogen-bond acceptors (Lipinski definition) is 4. The van der Waals surface area contributed by atoms with Crippen molar-refractivity contribution in [3.05, 3.63) is 77.2 Å². The quantitative estimate of drug-likeness (QED) is 0.304. The molecule has 0 radical (unpaired) electrons. The number of carboxylic acid groups (broad SMARTS) is 1. The van der Waals surface area contributed by atoms with Crippen LogP contribution in [-0.2, 0) is 11.2 Å². The minimum absolute atomic E-state index is 0.0107. The molecular formula is C27H28F4N2O3. The maximum absolute atomic E-state index is 14.6. The molecule has 0 fully saturated rings. The molecular weight excluding hydrogens is 476 g/mol. The number of carbonyl (C=O) groups is 1. The van der Waals surface area contributed by atoms with Gasteiger partial charge in [0.05, 0.1) is 24.7 Å². The summed E-state index contributed by atoms with van der Waals surface area (Å²) in [7, 11) is 1.51. The third kappa shape index (κ3) is 7.27. The maximum Gasteiger partial charge on any atom is 0.307 e. The monoisotopic (exact) mass is 504 g/mol. The summed E-state index contributed by atoms with van der Waals surface area (Å²) in [5.74, 6) is -2.95. The Morgan fingerprint density at radius 2 is 1.97 bits per heavy atom. The molecule has 1 aromatic heterocycles. The largest absolute Gasteiger partial charge is 0.497 e. The van der Waals surface area contributed by atoms with Crippen LogP contribution in [0.15, 0.2) is 48.7 Å². The Labute approximate surface area is 207 Å². The van der Waals surface area contributed by atoms with Crippen LogP contribution in [-0.4, -0.2) is 54.4 Å². The van der Waals surface area contributed by atoms with Gasteiger partial charge in [0, 0.05) is 30.6 Å². The van der Waals surface area contributed by atoms with E-state index in [0.717, 1.165) is 24.4 Å². The molecule has 3 aromatic rings. The Bertz CT molecular complexity index is 1220. The van der Waals surface area contributed by atoms with Crippen molar-refractivity contribution in [1.29, 1.82) is 0 Å². The molecule has 1 N–H and O–H groups in total. The summed E-state index contributed by atoms with van der Waals surface area (Å²) in [6.45, 7) is -0.483. The van der Waals surface area contributed by atoms with E-state index >= 15 is 0 Å². The van der Waals surface area contributed by atoms with Crippen molar-refractivity contribution < 1.29 is 32.2 Å². The fourth-order valence-electron chi connectivity index (χ4n) is 4.06. The van der Waals surface area contributed by atoms with Gasteiger partial charge < -0.3 is 9.84 Å². The van der Waals surface area contributed by atoms with Crippen molar-refractivity contribution in [3.63, 3.8) is 0 Å². The lowest BCUT2D eigenvalue weighted by Crippen LogP contribution is -2.35. The molecule has 0 saturated carbocycles. The summed E-state index contributed by atoms with van der Waals surface area (Å²) in [6.07, 6.45) is 4.99. The van der Waals surface area contributed by atoms with Gasteiger partial charge in [-0.05, 0) is 61.2 Å². The van der Waals surface area contributed by atoms with Crippen LogP contribution >= 0.6 is 0 Å². The van der Waals surface area contributed by atoms with Gasteiger partial charge in [-0.3, -0.25) is 14.7 Å². The highest BCUT2D eigenvalue weighted by molar-refractivity contribution is 5.83. The maximum atomic E-state index is 14.6. The number of halogens is 4. The van der Waals surface area contributed by atoms with Crippen LogP contribution in [0.3, 0.4) is 0 Å². The molecule has 2 aromatic carbocycles. The van der Waals surface area contributed by atoms with Gasteiger partial charge in [-0.25, -0.2) is 17.6 Å². The molecule has 36 heavy (non-hydrogen) atoms. The van der Waals surface area contributed by atoms with Gasteiger partial charge >= 0.3 is 5.97 Å². The van der Waals surface area contributed by atoms with Crippen LogP contribution < -0.4 is 4.74 Å². The molecule has 0 aliphatic rings. The number of methoxy groups -OCH3 is 1. The third-order valence-electron chi connectivity index (χ3n) is 5.96. The second kappa shape index (κ2) is 13.0. The van der Waals surface area contributed by atoms with E-state index in [1.807, 2.05) is 0 Å². The van der Waals surface area contributed by atoms with Gasteiger partial charge in [0.2, 0.25) is 0 Å². The Hall–Kier alpha value is -3.46. The minimum Gasteiger partial charge on any atom is -0.497 e. The molecule has 3 rings (SSSR count). The first-order valence-corrected chi connectivity index (χ1v) is 11.6. The van der Waals surface area contributed by atoms with Crippen LogP contribution in [0.2, 0.25) is 0 Å². The highest BCUT2D eigenvalue weighted by Crippen LogP contribution is 2.26. The molecule has 0 bridgehead atoms. The summed E-state index contributed by atoms with van der Waals surface area (Å²) in [4.78, 5) is 17.6. The van der Waals surface area contributed by atoms with E-state index < -0.39 is 36.0 Å². The average molecular weight is 505 g/mol. The Morgan fingerprint density at radius 1 is 1.17 bits per heavy atom. The number of nitrogens with zero attached hydrogens (tertiary/aromatic N) is 2. The highest BCUT2D eigenvalue weighted by Gasteiger charge is 2.21. The molecule has 0 saturated heterocycles. The number of aryl methyl sites for hydroxylation is 1. The molecule has 1 atom stereocenters. The fraction of sp³-hybridized carbons (Fsp3) is 0.333. The Balaban J connectivity index is 1.65. The number of fused-ring (bicyclic) bond motifs is 1. The van der Waals surface area contributed by atoms with E-state index in [1.165, 1.54) is 19.3 Å². The number of aromatic nitrogens is 1. The third-order valence-corrected chi connectivity index (χ3v) is 5.96. The van der Waals surface area contributed by atoms with Crippen LogP contribution in [0, 0.1) is 23.4 Å². The number of pyridine rings is 1. The molecule has 0 spiro atoms. The zero-order valence-electron chi connectivity index (χ0n) is 19.9. The molecule has 1 heterocycles. The smallest absolute Gasteiger partial charge is 0.307 e. The zero-order valence-corrected chi connectivity index (χ0v) is 19.9. The summed E-state index contributed by atoms with van der Waals surface area (Å²) < 4.78 is 60.0. The number of aliphatic carboxylic acids is 1. The lowest BCUT2D eigenvalue weighted by molar-refractivity contribution is -0.142. The lowest BCUT2D eigenvalue weighted by Gasteiger charge is -2.23. The first-order chi connectivity index (χ1) is 17.3. The lowest BCUT2D eigenvalue weighted by atomic mass is 9.97. The number of benzene rings is 2. The topological polar surface area (TPSA) is 62.7 Å². The molecule has 1 unspecified atom stereocenters. The van der Waals surface area contributed by atoms with E-state index in [2.05, 4.69) is 4.98 Å². The number of hydrogen-bond donors (Lipinski definition) is 1. The summed E-state index contributed by atoms with van der Waals surface area (Å²) >= 11 is 0. The van der Waals surface area contributed by atoms with E-state index in [9.17, 15) is 27.5 Å². The van der Waals surface area contributed by atoms with Crippen molar-refractivity contribution >= 4 is 22.9 Å². The molecule has 192 valence electrons. The number of ether oxygens (including phenoxy) is 1. The van der Waals surface area contributed by atoms with Crippen LogP contribution in [0.25, 0.3) is 17.0 Å². The predicted octanol–water partition coefficient (Wildman–Crippen LogP) is 5.67. The highest BCUT2D eigenvalue weighted by atomic mass is 19.1. The zero-order chi connectivity index (χ0) is 26.1. The Kier molecular flexibility index (Phi) is 9.81. The predicted molar refractivity (Wildman–Crippen MR) is 130 cm³/mol. The molecule has 0 amide bonds. The van der Waals surface area contributed by atoms with Crippen molar-refractivity contribution in [1.82, 2.24) is 9.88 Å². The summed E-state index contributed by atoms with van der Waals surface area (Å²) in [5.41, 5.74) is 1.09. The van der Waals surface area contributed by atoms with Gasteiger partial charge in [0.1, 0.15) is 29.9 Å². The van der Waals surface area contributed by atoms with Gasteiger partial charge in [-0.2, -0.15) is 0 Å². The molecule has 5 nitrogen and oxygen atoms in total.